The SMILES string of the molecule is CCOc1cccc(-c2nc(OC)nc(-c3ccccc3)n2)c1OCC. The van der Waals surface area contributed by atoms with E-state index in [4.69, 9.17) is 14.2 Å². The third kappa shape index (κ3) is 3.74. The molecule has 3 aromatic rings. The first kappa shape index (κ1) is 17.7. The molecule has 0 unspecified atom stereocenters. The molecule has 0 saturated carbocycles. The van der Waals surface area contributed by atoms with Crippen LogP contribution in [0.2, 0.25) is 0 Å². The van der Waals surface area contributed by atoms with Crippen LogP contribution in [0.1, 0.15) is 13.8 Å². The van der Waals surface area contributed by atoms with E-state index >= 15 is 0 Å². The van der Waals surface area contributed by atoms with Crippen molar-refractivity contribution in [2.45, 2.75) is 13.8 Å². The minimum Gasteiger partial charge on any atom is -0.490 e. The summed E-state index contributed by atoms with van der Waals surface area (Å²) in [5.74, 6) is 2.29. The molecule has 0 amide bonds. The number of rotatable bonds is 7. The summed E-state index contributed by atoms with van der Waals surface area (Å²) < 4.78 is 16.8. The molecule has 1 heterocycles. The zero-order chi connectivity index (χ0) is 18.4. The van der Waals surface area contributed by atoms with Crippen LogP contribution in [-0.4, -0.2) is 35.3 Å². The summed E-state index contributed by atoms with van der Waals surface area (Å²) in [6.07, 6.45) is 0. The molecular formula is C20H21N3O3. The van der Waals surface area contributed by atoms with Gasteiger partial charge in [-0.2, -0.15) is 9.97 Å². The van der Waals surface area contributed by atoms with Crippen LogP contribution in [0, 0.1) is 0 Å². The van der Waals surface area contributed by atoms with Gasteiger partial charge in [-0.15, -0.1) is 0 Å². The van der Waals surface area contributed by atoms with Crippen molar-refractivity contribution in [3.05, 3.63) is 48.5 Å². The molecule has 0 spiro atoms. The van der Waals surface area contributed by atoms with E-state index in [1.54, 1.807) is 0 Å². The molecule has 0 atom stereocenters. The Balaban J connectivity index is 2.16. The molecule has 134 valence electrons. The predicted molar refractivity (Wildman–Crippen MR) is 99.6 cm³/mol. The van der Waals surface area contributed by atoms with Crippen molar-refractivity contribution < 1.29 is 14.2 Å². The third-order valence-corrected chi connectivity index (χ3v) is 3.64. The van der Waals surface area contributed by atoms with Gasteiger partial charge in [-0.1, -0.05) is 36.4 Å². The second kappa shape index (κ2) is 8.29. The maximum absolute atomic E-state index is 5.83. The van der Waals surface area contributed by atoms with Crippen LogP contribution < -0.4 is 14.2 Å². The van der Waals surface area contributed by atoms with E-state index in [0.29, 0.717) is 36.4 Å². The predicted octanol–water partition coefficient (Wildman–Crippen LogP) is 4.01. The highest BCUT2D eigenvalue weighted by Crippen LogP contribution is 2.37. The van der Waals surface area contributed by atoms with E-state index in [9.17, 15) is 0 Å². The highest BCUT2D eigenvalue weighted by Gasteiger charge is 2.17. The minimum atomic E-state index is 0.248. The van der Waals surface area contributed by atoms with E-state index in [1.165, 1.54) is 7.11 Å². The molecule has 6 nitrogen and oxygen atoms in total. The summed E-state index contributed by atoms with van der Waals surface area (Å²) in [5.41, 5.74) is 1.61. The van der Waals surface area contributed by atoms with Crippen molar-refractivity contribution in [1.82, 2.24) is 15.0 Å². The van der Waals surface area contributed by atoms with Gasteiger partial charge in [0.15, 0.2) is 23.1 Å². The largest absolute Gasteiger partial charge is 0.490 e. The Hall–Kier alpha value is -3.15. The average Bonchev–Trinajstić information content (AvgIpc) is 2.70. The zero-order valence-electron chi connectivity index (χ0n) is 15.1. The minimum absolute atomic E-state index is 0.248. The monoisotopic (exact) mass is 351 g/mol. The van der Waals surface area contributed by atoms with Gasteiger partial charge in [0, 0.05) is 5.56 Å². The van der Waals surface area contributed by atoms with Crippen LogP contribution in [-0.2, 0) is 0 Å². The summed E-state index contributed by atoms with van der Waals surface area (Å²) in [6.45, 7) is 4.90. The van der Waals surface area contributed by atoms with Gasteiger partial charge in [-0.05, 0) is 26.0 Å². The van der Waals surface area contributed by atoms with Crippen molar-refractivity contribution in [2.24, 2.45) is 0 Å². The van der Waals surface area contributed by atoms with E-state index < -0.39 is 0 Å². The molecule has 0 fully saturated rings. The molecule has 6 heteroatoms. The Morgan fingerprint density at radius 2 is 1.50 bits per heavy atom. The van der Waals surface area contributed by atoms with Crippen LogP contribution in [0.4, 0.5) is 0 Å². The van der Waals surface area contributed by atoms with Gasteiger partial charge in [0.25, 0.3) is 0 Å². The molecular weight excluding hydrogens is 330 g/mol. The zero-order valence-corrected chi connectivity index (χ0v) is 15.1. The first-order valence-electron chi connectivity index (χ1n) is 8.51. The van der Waals surface area contributed by atoms with Crippen molar-refractivity contribution >= 4 is 0 Å². The van der Waals surface area contributed by atoms with E-state index in [1.807, 2.05) is 62.4 Å². The summed E-state index contributed by atoms with van der Waals surface area (Å²) in [6, 6.07) is 15.6. The fraction of sp³-hybridized carbons (Fsp3) is 0.250. The number of hydrogen-bond donors (Lipinski definition) is 0. The second-order valence-electron chi connectivity index (χ2n) is 5.33. The smallest absolute Gasteiger partial charge is 0.320 e. The molecule has 1 aromatic heterocycles. The van der Waals surface area contributed by atoms with Crippen molar-refractivity contribution in [3.8, 4) is 40.3 Å². The fourth-order valence-corrected chi connectivity index (χ4v) is 2.54. The molecule has 3 rings (SSSR count). The van der Waals surface area contributed by atoms with Gasteiger partial charge >= 0.3 is 6.01 Å². The van der Waals surface area contributed by atoms with Gasteiger partial charge < -0.3 is 14.2 Å². The van der Waals surface area contributed by atoms with Gasteiger partial charge in [-0.25, -0.2) is 4.98 Å². The fourth-order valence-electron chi connectivity index (χ4n) is 2.54. The number of para-hydroxylation sites is 1. The molecule has 0 bridgehead atoms. The van der Waals surface area contributed by atoms with Crippen LogP contribution in [0.15, 0.2) is 48.5 Å². The van der Waals surface area contributed by atoms with Crippen LogP contribution in [0.3, 0.4) is 0 Å². The lowest BCUT2D eigenvalue weighted by atomic mass is 10.1. The molecule has 0 aliphatic heterocycles. The highest BCUT2D eigenvalue weighted by atomic mass is 16.5. The van der Waals surface area contributed by atoms with Crippen molar-refractivity contribution in [3.63, 3.8) is 0 Å². The van der Waals surface area contributed by atoms with Crippen LogP contribution in [0.25, 0.3) is 22.8 Å². The number of aromatic nitrogens is 3. The summed E-state index contributed by atoms with van der Waals surface area (Å²) in [5, 5.41) is 0. The lowest BCUT2D eigenvalue weighted by Crippen LogP contribution is -2.04. The normalized spacial score (nSPS) is 10.4. The number of hydrogen-bond acceptors (Lipinski definition) is 6. The number of methoxy groups -OCH3 is 1. The summed E-state index contributed by atoms with van der Waals surface area (Å²) in [7, 11) is 1.54. The van der Waals surface area contributed by atoms with Gasteiger partial charge in [0.1, 0.15) is 0 Å². The maximum atomic E-state index is 5.83. The maximum Gasteiger partial charge on any atom is 0.320 e. The molecule has 2 aromatic carbocycles. The van der Waals surface area contributed by atoms with Gasteiger partial charge in [-0.3, -0.25) is 0 Å². The Morgan fingerprint density at radius 3 is 2.19 bits per heavy atom. The topological polar surface area (TPSA) is 66.4 Å². The Kier molecular flexibility index (Phi) is 5.63. The quantitative estimate of drug-likeness (QED) is 0.641. The highest BCUT2D eigenvalue weighted by molar-refractivity contribution is 5.70. The number of benzene rings is 2. The summed E-state index contributed by atoms with van der Waals surface area (Å²) >= 11 is 0. The van der Waals surface area contributed by atoms with E-state index in [0.717, 1.165) is 11.1 Å². The standard InChI is InChI=1S/C20H21N3O3/c1-4-25-16-13-9-12-15(17(16)26-5-2)19-21-18(22-20(23-19)24-3)14-10-7-6-8-11-14/h6-13H,4-5H2,1-3H3. The van der Waals surface area contributed by atoms with Crippen molar-refractivity contribution in [2.75, 3.05) is 20.3 Å². The Morgan fingerprint density at radius 1 is 0.769 bits per heavy atom. The molecule has 0 N–H and O–H groups in total. The van der Waals surface area contributed by atoms with Gasteiger partial charge in [0.2, 0.25) is 0 Å². The number of ether oxygens (including phenoxy) is 3. The first-order valence-corrected chi connectivity index (χ1v) is 8.51. The van der Waals surface area contributed by atoms with Crippen LogP contribution in [0.5, 0.6) is 17.5 Å². The Labute approximate surface area is 152 Å². The summed E-state index contributed by atoms with van der Waals surface area (Å²) in [4.78, 5) is 13.4. The Bertz CT molecular complexity index is 869. The molecule has 26 heavy (non-hydrogen) atoms. The molecule has 0 aliphatic carbocycles. The third-order valence-electron chi connectivity index (χ3n) is 3.64. The van der Waals surface area contributed by atoms with Gasteiger partial charge in [0.05, 0.1) is 25.9 Å². The van der Waals surface area contributed by atoms with Crippen LogP contribution >= 0.6 is 0 Å². The van der Waals surface area contributed by atoms with E-state index in [2.05, 4.69) is 15.0 Å². The average molecular weight is 351 g/mol. The first-order chi connectivity index (χ1) is 12.8. The molecule has 0 saturated heterocycles. The number of nitrogens with zero attached hydrogens (tertiary/aromatic N) is 3. The van der Waals surface area contributed by atoms with Crippen molar-refractivity contribution in [1.29, 1.82) is 0 Å². The van der Waals surface area contributed by atoms with E-state index in [-0.39, 0.29) is 6.01 Å². The molecule has 0 radical (unpaired) electrons. The lowest BCUT2D eigenvalue weighted by molar-refractivity contribution is 0.288. The second-order valence-corrected chi connectivity index (χ2v) is 5.33. The molecule has 0 aliphatic rings. The lowest BCUT2D eigenvalue weighted by Gasteiger charge is -2.15.